The Labute approximate surface area is 125 Å². The summed E-state index contributed by atoms with van der Waals surface area (Å²) in [6, 6.07) is 8.02. The molecule has 1 aromatic heterocycles. The van der Waals surface area contributed by atoms with Crippen molar-refractivity contribution in [1.82, 2.24) is 15.1 Å². The lowest BCUT2D eigenvalue weighted by Gasteiger charge is -2.14. The average Bonchev–Trinajstić information content (AvgIpc) is 2.89. The van der Waals surface area contributed by atoms with Crippen molar-refractivity contribution in [1.29, 1.82) is 0 Å². The summed E-state index contributed by atoms with van der Waals surface area (Å²) < 4.78 is 13.0. The van der Waals surface area contributed by atoms with Gasteiger partial charge in [-0.05, 0) is 19.1 Å². The number of ether oxygens (including phenoxy) is 2. The second-order valence-corrected chi connectivity index (χ2v) is 4.75. The Kier molecular flexibility index (Phi) is 5.63. The molecular formula is C16H23N3O2. The molecule has 2 rings (SSSR count). The highest BCUT2D eigenvalue weighted by atomic mass is 16.5. The lowest BCUT2D eigenvalue weighted by Crippen LogP contribution is -2.18. The van der Waals surface area contributed by atoms with Gasteiger partial charge in [0.05, 0.1) is 13.7 Å². The molecule has 5 heteroatoms. The molecule has 114 valence electrons. The largest absolute Gasteiger partial charge is 0.493 e. The summed E-state index contributed by atoms with van der Waals surface area (Å²) in [4.78, 5) is 0. The van der Waals surface area contributed by atoms with Gasteiger partial charge in [0.15, 0.2) is 11.5 Å². The zero-order valence-electron chi connectivity index (χ0n) is 12.9. The van der Waals surface area contributed by atoms with Gasteiger partial charge in [0, 0.05) is 44.0 Å². The van der Waals surface area contributed by atoms with Gasteiger partial charge in [-0.25, -0.2) is 0 Å². The van der Waals surface area contributed by atoms with Crippen LogP contribution in [0, 0.1) is 0 Å². The third kappa shape index (κ3) is 3.98. The Balaban J connectivity index is 1.90. The van der Waals surface area contributed by atoms with E-state index in [0.29, 0.717) is 6.61 Å². The number of para-hydroxylation sites is 1. The van der Waals surface area contributed by atoms with Crippen molar-refractivity contribution >= 4 is 0 Å². The van der Waals surface area contributed by atoms with E-state index in [0.717, 1.165) is 36.6 Å². The Morgan fingerprint density at radius 2 is 2.14 bits per heavy atom. The minimum atomic E-state index is 0.633. The van der Waals surface area contributed by atoms with Crippen LogP contribution in [0.2, 0.25) is 0 Å². The number of nitrogens with zero attached hydrogens (tertiary/aromatic N) is 2. The Hall–Kier alpha value is -2.01. The van der Waals surface area contributed by atoms with Crippen LogP contribution in [0.4, 0.5) is 0 Å². The second-order valence-electron chi connectivity index (χ2n) is 4.75. The fraction of sp³-hybridized carbons (Fsp3) is 0.438. The molecule has 0 unspecified atom stereocenters. The van der Waals surface area contributed by atoms with E-state index in [-0.39, 0.29) is 0 Å². The Morgan fingerprint density at radius 1 is 1.29 bits per heavy atom. The first kappa shape index (κ1) is 15.4. The molecule has 0 aliphatic heterocycles. The third-order valence-electron chi connectivity index (χ3n) is 3.36. The van der Waals surface area contributed by atoms with E-state index < -0.39 is 0 Å². The quantitative estimate of drug-likeness (QED) is 0.757. The molecule has 0 saturated heterocycles. The van der Waals surface area contributed by atoms with Crippen molar-refractivity contribution in [2.45, 2.75) is 19.9 Å². The highest BCUT2D eigenvalue weighted by Crippen LogP contribution is 2.30. The number of methoxy groups -OCH3 is 1. The predicted molar refractivity (Wildman–Crippen MR) is 82.8 cm³/mol. The van der Waals surface area contributed by atoms with Crippen LogP contribution in [0.1, 0.15) is 18.2 Å². The number of aromatic nitrogens is 2. The topological polar surface area (TPSA) is 48.3 Å². The number of hydrogen-bond acceptors (Lipinski definition) is 4. The monoisotopic (exact) mass is 289 g/mol. The molecular weight excluding hydrogens is 266 g/mol. The van der Waals surface area contributed by atoms with Gasteiger partial charge >= 0.3 is 0 Å². The van der Waals surface area contributed by atoms with Gasteiger partial charge in [0.25, 0.3) is 0 Å². The molecule has 0 radical (unpaired) electrons. The Bertz CT molecular complexity index is 566. The van der Waals surface area contributed by atoms with Crippen LogP contribution < -0.4 is 14.8 Å². The summed E-state index contributed by atoms with van der Waals surface area (Å²) in [6.45, 7) is 4.25. The van der Waals surface area contributed by atoms with E-state index in [1.54, 1.807) is 7.11 Å². The van der Waals surface area contributed by atoms with Crippen LogP contribution in [0.3, 0.4) is 0 Å². The molecule has 0 fully saturated rings. The average molecular weight is 289 g/mol. The fourth-order valence-corrected chi connectivity index (χ4v) is 2.29. The molecule has 0 atom stereocenters. The van der Waals surface area contributed by atoms with E-state index in [2.05, 4.69) is 16.5 Å². The van der Waals surface area contributed by atoms with Gasteiger partial charge in [0.1, 0.15) is 0 Å². The smallest absolute Gasteiger partial charge is 0.165 e. The molecule has 0 aliphatic rings. The van der Waals surface area contributed by atoms with Crippen LogP contribution in [-0.2, 0) is 20.0 Å². The molecule has 5 nitrogen and oxygen atoms in total. The van der Waals surface area contributed by atoms with E-state index in [1.165, 1.54) is 5.69 Å². The van der Waals surface area contributed by atoms with Crippen molar-refractivity contribution in [3.63, 3.8) is 0 Å². The minimum absolute atomic E-state index is 0.633. The van der Waals surface area contributed by atoms with Crippen molar-refractivity contribution in [2.24, 2.45) is 7.05 Å². The van der Waals surface area contributed by atoms with Crippen molar-refractivity contribution < 1.29 is 9.47 Å². The first-order valence-electron chi connectivity index (χ1n) is 7.22. The second kappa shape index (κ2) is 7.69. The lowest BCUT2D eigenvalue weighted by atomic mass is 10.2. The number of benzene rings is 1. The van der Waals surface area contributed by atoms with E-state index in [1.807, 2.05) is 43.0 Å². The number of hydrogen-bond donors (Lipinski definition) is 1. The van der Waals surface area contributed by atoms with E-state index in [9.17, 15) is 0 Å². The molecule has 0 amide bonds. The normalized spacial score (nSPS) is 10.6. The van der Waals surface area contributed by atoms with Crippen molar-refractivity contribution in [2.75, 3.05) is 20.3 Å². The maximum Gasteiger partial charge on any atom is 0.165 e. The number of nitrogens with one attached hydrogen (secondary N) is 1. The van der Waals surface area contributed by atoms with Crippen LogP contribution in [0.25, 0.3) is 0 Å². The first-order valence-corrected chi connectivity index (χ1v) is 7.22. The zero-order chi connectivity index (χ0) is 15.1. The lowest BCUT2D eigenvalue weighted by molar-refractivity contribution is 0.308. The zero-order valence-corrected chi connectivity index (χ0v) is 12.9. The van der Waals surface area contributed by atoms with Crippen LogP contribution in [0.5, 0.6) is 11.5 Å². The van der Waals surface area contributed by atoms with Gasteiger partial charge in [-0.3, -0.25) is 4.68 Å². The fourth-order valence-electron chi connectivity index (χ4n) is 2.29. The molecule has 1 heterocycles. The number of aryl methyl sites for hydroxylation is 1. The summed E-state index contributed by atoms with van der Waals surface area (Å²) in [7, 11) is 3.64. The van der Waals surface area contributed by atoms with Gasteiger partial charge in [-0.15, -0.1) is 0 Å². The van der Waals surface area contributed by atoms with Gasteiger partial charge < -0.3 is 14.8 Å². The predicted octanol–water partition coefficient (Wildman–Crippen LogP) is 2.16. The molecule has 1 aromatic carbocycles. The van der Waals surface area contributed by atoms with Crippen molar-refractivity contribution in [3.05, 3.63) is 41.7 Å². The molecule has 1 N–H and O–H groups in total. The van der Waals surface area contributed by atoms with Crippen LogP contribution >= 0.6 is 0 Å². The SMILES string of the molecule is CCOc1cccc(CNCCc2ccnn2C)c1OC. The van der Waals surface area contributed by atoms with Crippen molar-refractivity contribution in [3.8, 4) is 11.5 Å². The van der Waals surface area contributed by atoms with E-state index in [4.69, 9.17) is 9.47 Å². The summed E-state index contributed by atoms with van der Waals surface area (Å²) in [6.07, 6.45) is 2.77. The molecule has 0 saturated carbocycles. The molecule has 0 spiro atoms. The van der Waals surface area contributed by atoms with Crippen LogP contribution in [0.15, 0.2) is 30.5 Å². The summed E-state index contributed by atoms with van der Waals surface area (Å²) in [5, 5.41) is 7.60. The first-order chi connectivity index (χ1) is 10.3. The molecule has 0 aliphatic carbocycles. The van der Waals surface area contributed by atoms with Crippen LogP contribution in [-0.4, -0.2) is 30.0 Å². The highest BCUT2D eigenvalue weighted by molar-refractivity contribution is 5.46. The molecule has 21 heavy (non-hydrogen) atoms. The maximum atomic E-state index is 5.59. The van der Waals surface area contributed by atoms with Gasteiger partial charge in [0.2, 0.25) is 0 Å². The molecule has 2 aromatic rings. The third-order valence-corrected chi connectivity index (χ3v) is 3.36. The molecule has 0 bridgehead atoms. The Morgan fingerprint density at radius 3 is 2.81 bits per heavy atom. The maximum absolute atomic E-state index is 5.59. The summed E-state index contributed by atoms with van der Waals surface area (Å²) >= 11 is 0. The van der Waals surface area contributed by atoms with Gasteiger partial charge in [-0.2, -0.15) is 5.10 Å². The number of rotatable bonds is 8. The summed E-state index contributed by atoms with van der Waals surface area (Å²) in [5.41, 5.74) is 2.32. The van der Waals surface area contributed by atoms with Gasteiger partial charge in [-0.1, -0.05) is 12.1 Å². The highest BCUT2D eigenvalue weighted by Gasteiger charge is 2.09. The minimum Gasteiger partial charge on any atom is -0.493 e. The van der Waals surface area contributed by atoms with E-state index >= 15 is 0 Å². The summed E-state index contributed by atoms with van der Waals surface area (Å²) in [5.74, 6) is 1.61. The standard InChI is InChI=1S/C16H23N3O2/c1-4-21-15-7-5-6-13(16(15)20-3)12-17-10-8-14-9-11-18-19(14)2/h5-7,9,11,17H,4,8,10,12H2,1-3H3.